The Morgan fingerprint density at radius 1 is 0.318 bits per heavy atom. The van der Waals surface area contributed by atoms with Crippen LogP contribution in [0.5, 0.6) is 0 Å². The van der Waals surface area contributed by atoms with E-state index < -0.39 is 0 Å². The van der Waals surface area contributed by atoms with Crippen molar-refractivity contribution in [3.05, 3.63) is 168 Å². The van der Waals surface area contributed by atoms with Gasteiger partial charge in [0.15, 0.2) is 0 Å². The van der Waals surface area contributed by atoms with E-state index in [1.165, 1.54) is 91.1 Å². The highest BCUT2D eigenvalue weighted by molar-refractivity contribution is 8.00. The zero-order valence-electron chi connectivity index (χ0n) is 23.9. The Hall–Kier alpha value is -5.11. The van der Waals surface area contributed by atoms with E-state index in [-0.39, 0.29) is 5.92 Å². The van der Waals surface area contributed by atoms with Gasteiger partial charge in [0.2, 0.25) is 0 Å². The molecule has 0 bridgehead atoms. The highest BCUT2D eigenvalue weighted by atomic mass is 32.2. The molecular weight excluding hydrogens is 549 g/mol. The summed E-state index contributed by atoms with van der Waals surface area (Å²) in [5, 5.41) is 15.9. The van der Waals surface area contributed by atoms with Gasteiger partial charge in [0.05, 0.1) is 0 Å². The van der Waals surface area contributed by atoms with E-state index in [4.69, 9.17) is 0 Å². The van der Waals surface area contributed by atoms with E-state index in [1.807, 2.05) is 11.8 Å². The molecule has 0 fully saturated rings. The summed E-state index contributed by atoms with van der Waals surface area (Å²) in [4.78, 5) is 2.77. The number of hydrogen-bond donors (Lipinski definition) is 0. The summed E-state index contributed by atoms with van der Waals surface area (Å²) < 4.78 is 0. The van der Waals surface area contributed by atoms with Crippen molar-refractivity contribution in [1.82, 2.24) is 0 Å². The molecule has 0 saturated carbocycles. The van der Waals surface area contributed by atoms with Crippen LogP contribution in [-0.4, -0.2) is 0 Å². The monoisotopic (exact) mass is 574 g/mol. The van der Waals surface area contributed by atoms with Crippen molar-refractivity contribution in [2.75, 3.05) is 0 Å². The van der Waals surface area contributed by atoms with Crippen molar-refractivity contribution < 1.29 is 0 Å². The molecule has 204 valence electrons. The van der Waals surface area contributed by atoms with Gasteiger partial charge in [0.25, 0.3) is 0 Å². The van der Waals surface area contributed by atoms with Crippen LogP contribution in [0.1, 0.15) is 22.6 Å². The van der Waals surface area contributed by atoms with Crippen molar-refractivity contribution in [3.63, 3.8) is 0 Å². The molecule has 0 saturated heterocycles. The maximum atomic E-state index is 2.46. The Morgan fingerprint density at radius 3 is 1.30 bits per heavy atom. The molecule has 0 unspecified atom stereocenters. The normalized spacial score (nSPS) is 13.3. The number of fused-ring (bicyclic) bond motifs is 15. The first-order chi connectivity index (χ1) is 21.8. The molecule has 0 aromatic heterocycles. The molecule has 0 amide bonds. The second-order valence-corrected chi connectivity index (χ2v) is 13.0. The molecule has 0 nitrogen and oxygen atoms in total. The SMILES string of the molecule is c1ccc2c(c1)ccc1cc(C3c4c(c5ccccc5c5ccccc45)Sc4c3c3ccccc3c3ccccc43)ccc12. The molecule has 1 aliphatic rings. The van der Waals surface area contributed by atoms with Gasteiger partial charge >= 0.3 is 0 Å². The minimum absolute atomic E-state index is 0.0844. The van der Waals surface area contributed by atoms with Gasteiger partial charge in [-0.25, -0.2) is 0 Å². The lowest BCUT2D eigenvalue weighted by Crippen LogP contribution is -2.13. The summed E-state index contributed by atoms with van der Waals surface area (Å²) in [6.07, 6.45) is 0. The molecule has 10 rings (SSSR count). The van der Waals surface area contributed by atoms with Crippen LogP contribution in [0.2, 0.25) is 0 Å². The molecule has 1 heteroatoms. The van der Waals surface area contributed by atoms with Crippen molar-refractivity contribution >= 4 is 76.4 Å². The zero-order chi connectivity index (χ0) is 28.8. The summed E-state index contributed by atoms with van der Waals surface area (Å²) >= 11 is 1.98. The maximum Gasteiger partial charge on any atom is 0.0375 e. The molecule has 9 aromatic rings. The van der Waals surface area contributed by atoms with Gasteiger partial charge < -0.3 is 0 Å². The average molecular weight is 575 g/mol. The first kappa shape index (κ1) is 24.3. The van der Waals surface area contributed by atoms with E-state index in [1.54, 1.807) is 0 Å². The summed E-state index contributed by atoms with van der Waals surface area (Å²) in [7, 11) is 0. The molecule has 44 heavy (non-hydrogen) atoms. The van der Waals surface area contributed by atoms with Crippen LogP contribution in [0, 0.1) is 0 Å². The first-order valence-corrected chi connectivity index (χ1v) is 16.1. The Balaban J connectivity index is 1.40. The van der Waals surface area contributed by atoms with E-state index >= 15 is 0 Å². The van der Waals surface area contributed by atoms with Gasteiger partial charge in [-0.05, 0) is 81.3 Å². The van der Waals surface area contributed by atoms with Crippen LogP contribution < -0.4 is 0 Å². The predicted octanol–water partition coefficient (Wildman–Crippen LogP) is 12.3. The maximum absolute atomic E-state index is 2.46. The summed E-state index contributed by atoms with van der Waals surface area (Å²) in [6, 6.07) is 56.6. The third kappa shape index (κ3) is 3.31. The van der Waals surface area contributed by atoms with E-state index in [9.17, 15) is 0 Å². The van der Waals surface area contributed by atoms with Crippen LogP contribution in [0.3, 0.4) is 0 Å². The predicted molar refractivity (Wildman–Crippen MR) is 189 cm³/mol. The topological polar surface area (TPSA) is 0 Å². The van der Waals surface area contributed by atoms with Crippen LogP contribution in [-0.2, 0) is 0 Å². The van der Waals surface area contributed by atoms with Gasteiger partial charge in [-0.1, -0.05) is 163 Å². The molecule has 0 aliphatic carbocycles. The molecule has 9 aromatic carbocycles. The number of rotatable bonds is 1. The first-order valence-electron chi connectivity index (χ1n) is 15.3. The molecular formula is C43H26S. The Morgan fingerprint density at radius 2 is 0.727 bits per heavy atom. The van der Waals surface area contributed by atoms with E-state index in [0.717, 1.165) is 0 Å². The summed E-state index contributed by atoms with van der Waals surface area (Å²) in [6.45, 7) is 0. The van der Waals surface area contributed by atoms with Crippen LogP contribution in [0.25, 0.3) is 64.6 Å². The minimum atomic E-state index is 0.0844. The van der Waals surface area contributed by atoms with Crippen molar-refractivity contribution in [2.45, 2.75) is 15.7 Å². The number of hydrogen-bond acceptors (Lipinski definition) is 1. The summed E-state index contributed by atoms with van der Waals surface area (Å²) in [5.41, 5.74) is 4.20. The summed E-state index contributed by atoms with van der Waals surface area (Å²) in [5.74, 6) is 0.0844. The van der Waals surface area contributed by atoms with Gasteiger partial charge in [-0.2, -0.15) is 0 Å². The van der Waals surface area contributed by atoms with Crippen molar-refractivity contribution in [1.29, 1.82) is 0 Å². The third-order valence-corrected chi connectivity index (χ3v) is 11.0. The standard InChI is InChI=1S/C43H26S/c1-2-12-29-26(11-1)21-22-27-25-28(23-24-30(27)29)39-40-35-17-7-3-13-31(35)33-15-5-9-19-37(33)42(40)44-43-38-20-10-6-16-34(38)32-14-4-8-18-36(32)41(39)43/h1-25,39H. The van der Waals surface area contributed by atoms with Crippen molar-refractivity contribution in [3.8, 4) is 0 Å². The van der Waals surface area contributed by atoms with Gasteiger partial charge in [-0.3, -0.25) is 0 Å². The van der Waals surface area contributed by atoms with Crippen LogP contribution in [0.15, 0.2) is 161 Å². The van der Waals surface area contributed by atoms with Crippen molar-refractivity contribution in [2.24, 2.45) is 0 Å². The van der Waals surface area contributed by atoms with E-state index in [0.29, 0.717) is 0 Å². The largest absolute Gasteiger partial charge is 0.0881 e. The van der Waals surface area contributed by atoms with Crippen LogP contribution >= 0.6 is 11.8 Å². The zero-order valence-corrected chi connectivity index (χ0v) is 24.7. The molecule has 1 aliphatic heterocycles. The van der Waals surface area contributed by atoms with E-state index in [2.05, 4.69) is 152 Å². The minimum Gasteiger partial charge on any atom is -0.0881 e. The van der Waals surface area contributed by atoms with Crippen LogP contribution in [0.4, 0.5) is 0 Å². The smallest absolute Gasteiger partial charge is 0.0375 e. The molecule has 0 radical (unpaired) electrons. The second-order valence-electron chi connectivity index (χ2n) is 12.0. The van der Waals surface area contributed by atoms with Gasteiger partial charge in [-0.15, -0.1) is 0 Å². The second kappa shape index (κ2) is 9.19. The Labute approximate surface area is 259 Å². The highest BCUT2D eigenvalue weighted by Crippen LogP contribution is 2.57. The lowest BCUT2D eigenvalue weighted by molar-refractivity contribution is 0.940. The third-order valence-electron chi connectivity index (χ3n) is 9.73. The Bertz CT molecular complexity index is 2520. The highest BCUT2D eigenvalue weighted by Gasteiger charge is 2.34. The fraction of sp³-hybridized carbons (Fsp3) is 0.0233. The fourth-order valence-electron chi connectivity index (χ4n) is 7.86. The lowest BCUT2D eigenvalue weighted by atomic mass is 9.78. The molecule has 0 spiro atoms. The fourth-order valence-corrected chi connectivity index (χ4v) is 9.31. The molecule has 0 atom stereocenters. The average Bonchev–Trinajstić information content (AvgIpc) is 3.10. The number of benzene rings is 9. The Kier molecular flexibility index (Phi) is 5.09. The van der Waals surface area contributed by atoms with Gasteiger partial charge in [0, 0.05) is 15.7 Å². The molecule has 0 N–H and O–H groups in total. The quantitative estimate of drug-likeness (QED) is 0.176. The van der Waals surface area contributed by atoms with Gasteiger partial charge in [0.1, 0.15) is 0 Å². The molecule has 1 heterocycles. The lowest BCUT2D eigenvalue weighted by Gasteiger charge is -2.33.